The number of Topliss-reactive ketones (excluding diaryl/α,β-unsaturated/α-hetero) is 1. The highest BCUT2D eigenvalue weighted by Crippen LogP contribution is 2.75. The first kappa shape index (κ1) is 43.0. The van der Waals surface area contributed by atoms with E-state index in [1.807, 2.05) is 0 Å². The minimum absolute atomic E-state index is 0.147. The highest BCUT2D eigenvalue weighted by molar-refractivity contribution is 5.96. The van der Waals surface area contributed by atoms with Gasteiger partial charge >= 0.3 is 29.9 Å². The summed E-state index contributed by atoms with van der Waals surface area (Å²) in [5.41, 5.74) is -6.51. The summed E-state index contributed by atoms with van der Waals surface area (Å²) >= 11 is 0. The van der Waals surface area contributed by atoms with Crippen LogP contribution in [0, 0.1) is 28.6 Å². The van der Waals surface area contributed by atoms with Gasteiger partial charge in [-0.1, -0.05) is 62.4 Å². The number of benzene rings is 2. The number of amides is 2. The Morgan fingerprint density at radius 3 is 2.13 bits per heavy atom. The number of urea groups is 1. The monoisotopic (exact) mass is 830 g/mol. The average molecular weight is 831 g/mol. The minimum Gasteiger partial charge on any atom is -0.455 e. The maximum Gasteiger partial charge on any atom is 0.342 e. The lowest BCUT2D eigenvalue weighted by Crippen LogP contribution is -2.78. The maximum atomic E-state index is 15.5. The molecular weight excluding hydrogens is 776 g/mol. The maximum absolute atomic E-state index is 15.5. The first-order valence-corrected chi connectivity index (χ1v) is 20.3. The number of ketones is 1. The molecule has 5 aliphatic rings. The molecule has 0 unspecified atom stereocenters. The summed E-state index contributed by atoms with van der Waals surface area (Å²) < 4.78 is 30.6. The van der Waals surface area contributed by atoms with E-state index < -0.39 is 112 Å². The molecule has 1 saturated heterocycles. The van der Waals surface area contributed by atoms with Crippen molar-refractivity contribution in [3.63, 3.8) is 0 Å². The predicted molar refractivity (Wildman–Crippen MR) is 211 cm³/mol. The number of hydrogen-bond acceptors (Lipinski definition) is 13. The van der Waals surface area contributed by atoms with Crippen molar-refractivity contribution in [3.8, 4) is 0 Å². The van der Waals surface area contributed by atoms with E-state index in [4.69, 9.17) is 23.7 Å². The van der Waals surface area contributed by atoms with Crippen LogP contribution in [-0.2, 0) is 42.9 Å². The fraction of sp³-hybridized carbons (Fsp3) is 0.556. The van der Waals surface area contributed by atoms with Crippen LogP contribution >= 0.6 is 0 Å². The molecule has 3 saturated carbocycles. The molecule has 60 heavy (non-hydrogen) atoms. The van der Waals surface area contributed by atoms with Gasteiger partial charge in [0.1, 0.15) is 23.6 Å². The van der Waals surface area contributed by atoms with Crippen molar-refractivity contribution in [2.45, 2.75) is 122 Å². The van der Waals surface area contributed by atoms with E-state index >= 15 is 4.79 Å². The number of carbonyl (C=O) groups excluding carboxylic acids is 6. The molecular formula is C45H54N2O13. The van der Waals surface area contributed by atoms with Crippen molar-refractivity contribution in [2.75, 3.05) is 6.61 Å². The first-order chi connectivity index (χ1) is 28.1. The van der Waals surface area contributed by atoms with Gasteiger partial charge in [0.2, 0.25) is 0 Å². The highest BCUT2D eigenvalue weighted by atomic mass is 16.6. The Hall–Kier alpha value is -5.12. The zero-order valence-electron chi connectivity index (χ0n) is 35.1. The minimum atomic E-state index is -2.24. The third-order valence-corrected chi connectivity index (χ3v) is 13.4. The van der Waals surface area contributed by atoms with Crippen molar-refractivity contribution in [1.82, 2.24) is 10.6 Å². The van der Waals surface area contributed by atoms with Crippen molar-refractivity contribution in [3.05, 3.63) is 83.1 Å². The van der Waals surface area contributed by atoms with Crippen LogP contribution in [0.5, 0.6) is 0 Å². The number of ether oxygens (including phenoxy) is 5. The molecule has 1 spiro atoms. The molecule has 322 valence electrons. The smallest absolute Gasteiger partial charge is 0.342 e. The van der Waals surface area contributed by atoms with Gasteiger partial charge in [-0.3, -0.25) is 14.4 Å². The standard InChI is InChI=1S/C45H54N2O13/c1-23-29(58-39(53)33(50)32(26-15-11-9-12-16-26)46-40(54)47-41(4,5)6)21-45(55)37(59-38(52)27-17-13-10-14-18-27)35-43(36(51)34(57-24(2)48)31(23)42(45,7)8)20-28(43)19-30-44(35,22-56-30)60-25(3)49/h9-18,28,30-35,37,50,55H,19-22H2,1-8H3,(H2,46,47,54)/t28-,30-,31-,32+,33-,34-,35+,37+,43-,44+,45-/m1/s1. The summed E-state index contributed by atoms with van der Waals surface area (Å²) in [5.74, 6) is -6.91. The lowest BCUT2D eigenvalue weighted by atomic mass is 9.47. The number of nitrogens with one attached hydrogen (secondary N) is 2. The Morgan fingerprint density at radius 1 is 0.933 bits per heavy atom. The summed E-state index contributed by atoms with van der Waals surface area (Å²) in [5, 5.41) is 30.8. The van der Waals surface area contributed by atoms with Gasteiger partial charge in [0.25, 0.3) is 0 Å². The second kappa shape index (κ2) is 15.1. The van der Waals surface area contributed by atoms with E-state index in [0.29, 0.717) is 12.0 Å². The van der Waals surface area contributed by atoms with Crippen LogP contribution in [0.1, 0.15) is 96.6 Å². The van der Waals surface area contributed by atoms with Crippen LogP contribution in [0.15, 0.2) is 72.0 Å². The van der Waals surface area contributed by atoms with Gasteiger partial charge in [-0.25, -0.2) is 14.4 Å². The summed E-state index contributed by atoms with van der Waals surface area (Å²) in [7, 11) is 0. The van der Waals surface area contributed by atoms with Gasteiger partial charge in [-0.2, -0.15) is 0 Å². The molecule has 1 aliphatic heterocycles. The van der Waals surface area contributed by atoms with Gasteiger partial charge in [0.15, 0.2) is 23.6 Å². The van der Waals surface area contributed by atoms with Crippen LogP contribution < -0.4 is 10.6 Å². The molecule has 2 aromatic rings. The van der Waals surface area contributed by atoms with Crippen LogP contribution in [0.2, 0.25) is 0 Å². The van der Waals surface area contributed by atoms with E-state index in [2.05, 4.69) is 10.6 Å². The summed E-state index contributed by atoms with van der Waals surface area (Å²) in [6, 6.07) is 14.4. The Morgan fingerprint density at radius 2 is 1.57 bits per heavy atom. The third-order valence-electron chi connectivity index (χ3n) is 13.4. The lowest BCUT2D eigenvalue weighted by molar-refractivity contribution is -0.326. The van der Waals surface area contributed by atoms with Gasteiger partial charge in [0.05, 0.1) is 24.1 Å². The fourth-order valence-corrected chi connectivity index (χ4v) is 10.6. The number of aliphatic hydroxyl groups excluding tert-OH is 1. The van der Waals surface area contributed by atoms with Crippen molar-refractivity contribution in [1.29, 1.82) is 0 Å². The molecule has 4 aliphatic carbocycles. The topological polar surface area (TPSA) is 213 Å². The highest BCUT2D eigenvalue weighted by Gasteiger charge is 2.84. The Bertz CT molecular complexity index is 2110. The number of aliphatic hydroxyl groups is 2. The molecule has 0 radical (unpaired) electrons. The Kier molecular flexibility index (Phi) is 10.8. The molecule has 15 heteroatoms. The number of hydrogen-bond donors (Lipinski definition) is 4. The second-order valence-corrected chi connectivity index (χ2v) is 18.6. The van der Waals surface area contributed by atoms with E-state index in [1.165, 1.54) is 19.1 Å². The van der Waals surface area contributed by atoms with Gasteiger partial charge in [-0.05, 0) is 69.7 Å². The molecule has 11 atom stereocenters. The van der Waals surface area contributed by atoms with E-state index in [1.54, 1.807) is 90.1 Å². The third kappa shape index (κ3) is 7.07. The zero-order valence-corrected chi connectivity index (χ0v) is 35.1. The van der Waals surface area contributed by atoms with Gasteiger partial charge < -0.3 is 44.5 Å². The van der Waals surface area contributed by atoms with Crippen LogP contribution in [0.4, 0.5) is 4.79 Å². The van der Waals surface area contributed by atoms with Crippen molar-refractivity contribution in [2.24, 2.45) is 28.6 Å². The fourth-order valence-electron chi connectivity index (χ4n) is 10.6. The van der Waals surface area contributed by atoms with Crippen LogP contribution in [0.3, 0.4) is 0 Å². The molecule has 4 fully saturated rings. The molecule has 7 rings (SSSR count). The lowest BCUT2D eigenvalue weighted by Gasteiger charge is -2.64. The van der Waals surface area contributed by atoms with E-state index in [-0.39, 0.29) is 35.8 Å². The van der Waals surface area contributed by atoms with Gasteiger partial charge in [-0.15, -0.1) is 0 Å². The van der Waals surface area contributed by atoms with Gasteiger partial charge in [0, 0.05) is 42.6 Å². The van der Waals surface area contributed by atoms with Crippen LogP contribution in [-0.4, -0.2) is 93.7 Å². The summed E-state index contributed by atoms with van der Waals surface area (Å²) in [6.07, 6.45) is -5.76. The average Bonchev–Trinajstić information content (AvgIpc) is 3.90. The molecule has 0 aromatic heterocycles. The predicted octanol–water partition coefficient (Wildman–Crippen LogP) is 4.25. The van der Waals surface area contributed by atoms with Crippen LogP contribution in [0.25, 0.3) is 0 Å². The number of esters is 4. The first-order valence-electron chi connectivity index (χ1n) is 20.3. The quantitative estimate of drug-likeness (QED) is 0.206. The molecule has 2 aromatic carbocycles. The van der Waals surface area contributed by atoms with Crippen molar-refractivity contribution < 1.29 is 62.7 Å². The number of carbonyl (C=O) groups is 6. The molecule has 2 amide bonds. The molecule has 2 bridgehead atoms. The van der Waals surface area contributed by atoms with E-state index in [0.717, 1.165) is 6.92 Å². The molecule has 1 heterocycles. The molecule has 15 nitrogen and oxygen atoms in total. The second-order valence-electron chi connectivity index (χ2n) is 18.6. The van der Waals surface area contributed by atoms with Crippen molar-refractivity contribution >= 4 is 35.7 Å². The Labute approximate surface area is 348 Å². The SMILES string of the molecule is CC(=O)O[C@H]1C(=O)[C@]23C[C@H]2C[C@H]2OC[C@@]2(OC(C)=O)[C@H]3[C@H](OC(=O)c2ccccc2)[C@]2(O)CC(OC(=O)[C@H](O)[C@@H](NC(=O)NC(C)(C)C)c3ccccc3)=C(C)[C@H]1C2(C)C. The number of rotatable bonds is 9. The Balaban J connectivity index is 1.37. The largest absolute Gasteiger partial charge is 0.455 e. The number of fused-ring (bicyclic) bond motifs is 4. The zero-order chi connectivity index (χ0) is 43.7. The summed E-state index contributed by atoms with van der Waals surface area (Å²) in [4.78, 5) is 83.0. The van der Waals surface area contributed by atoms with E-state index in [9.17, 15) is 34.2 Å². The molecule has 4 N–H and O–H groups in total. The normalized spacial score (nSPS) is 33.3. The summed E-state index contributed by atoms with van der Waals surface area (Å²) in [6.45, 7) is 12.4.